The van der Waals surface area contributed by atoms with Crippen molar-refractivity contribution in [3.8, 4) is 0 Å². The summed E-state index contributed by atoms with van der Waals surface area (Å²) in [5.41, 5.74) is 2.37. The van der Waals surface area contributed by atoms with Crippen molar-refractivity contribution in [1.29, 1.82) is 0 Å². The number of nitrogens with zero attached hydrogens (tertiary/aromatic N) is 2. The summed E-state index contributed by atoms with van der Waals surface area (Å²) < 4.78 is 5.96. The van der Waals surface area contributed by atoms with Crippen LogP contribution >= 0.6 is 0 Å². The van der Waals surface area contributed by atoms with E-state index in [1.165, 1.54) is 11.1 Å². The second-order valence-corrected chi connectivity index (χ2v) is 6.33. The Morgan fingerprint density at radius 2 is 2.25 bits per heavy atom. The van der Waals surface area contributed by atoms with Gasteiger partial charge in [-0.15, -0.1) is 0 Å². The molecule has 1 aliphatic heterocycles. The molecule has 0 amide bonds. The molecule has 1 unspecified atom stereocenters. The highest BCUT2D eigenvalue weighted by atomic mass is 16.5. The van der Waals surface area contributed by atoms with Crippen LogP contribution in [-0.4, -0.2) is 36.3 Å². The van der Waals surface area contributed by atoms with E-state index in [-0.39, 0.29) is 11.7 Å². The van der Waals surface area contributed by atoms with Gasteiger partial charge < -0.3 is 15.0 Å². The summed E-state index contributed by atoms with van der Waals surface area (Å²) in [6.45, 7) is 14.3. The van der Waals surface area contributed by atoms with E-state index in [0.717, 1.165) is 32.0 Å². The van der Waals surface area contributed by atoms with Crippen LogP contribution in [0.15, 0.2) is 12.3 Å². The van der Waals surface area contributed by atoms with Crippen LogP contribution in [0.5, 0.6) is 0 Å². The molecule has 1 N–H and O–H groups in total. The number of anilines is 1. The van der Waals surface area contributed by atoms with Crippen molar-refractivity contribution in [1.82, 2.24) is 10.3 Å². The van der Waals surface area contributed by atoms with Crippen molar-refractivity contribution in [2.24, 2.45) is 0 Å². The van der Waals surface area contributed by atoms with E-state index in [2.05, 4.69) is 55.9 Å². The molecule has 0 radical (unpaired) electrons. The SMILES string of the molecule is CCNCc1cnc(N2CC(C)OC(C)(C)C2)c(C)c1. The van der Waals surface area contributed by atoms with E-state index < -0.39 is 0 Å². The molecule has 1 aliphatic rings. The van der Waals surface area contributed by atoms with Crippen LogP contribution in [0.3, 0.4) is 0 Å². The van der Waals surface area contributed by atoms with Gasteiger partial charge in [0.2, 0.25) is 0 Å². The summed E-state index contributed by atoms with van der Waals surface area (Å²) in [6, 6.07) is 2.23. The monoisotopic (exact) mass is 277 g/mol. The van der Waals surface area contributed by atoms with Gasteiger partial charge >= 0.3 is 0 Å². The molecule has 0 aromatic carbocycles. The molecule has 2 rings (SSSR count). The minimum absolute atomic E-state index is 0.117. The predicted molar refractivity (Wildman–Crippen MR) is 83.2 cm³/mol. The highest BCUT2D eigenvalue weighted by molar-refractivity contribution is 5.48. The largest absolute Gasteiger partial charge is 0.369 e. The van der Waals surface area contributed by atoms with E-state index in [1.54, 1.807) is 0 Å². The van der Waals surface area contributed by atoms with Gasteiger partial charge in [-0.05, 0) is 51.4 Å². The molecule has 4 heteroatoms. The summed E-state index contributed by atoms with van der Waals surface area (Å²) in [6.07, 6.45) is 2.22. The topological polar surface area (TPSA) is 37.4 Å². The first-order chi connectivity index (χ1) is 9.41. The summed E-state index contributed by atoms with van der Waals surface area (Å²) in [5.74, 6) is 1.09. The molecule has 0 spiro atoms. The van der Waals surface area contributed by atoms with Crippen LogP contribution in [0.1, 0.15) is 38.8 Å². The summed E-state index contributed by atoms with van der Waals surface area (Å²) in [4.78, 5) is 7.03. The molecule has 0 aliphatic carbocycles. The summed E-state index contributed by atoms with van der Waals surface area (Å²) >= 11 is 0. The lowest BCUT2D eigenvalue weighted by atomic mass is 10.0. The number of morpholine rings is 1. The van der Waals surface area contributed by atoms with Crippen LogP contribution in [0.2, 0.25) is 0 Å². The number of hydrogen-bond donors (Lipinski definition) is 1. The Bertz CT molecular complexity index is 459. The van der Waals surface area contributed by atoms with Crippen LogP contribution < -0.4 is 10.2 Å². The number of aromatic nitrogens is 1. The Balaban J connectivity index is 2.16. The maximum absolute atomic E-state index is 5.96. The van der Waals surface area contributed by atoms with Crippen molar-refractivity contribution >= 4 is 5.82 Å². The third kappa shape index (κ3) is 3.70. The highest BCUT2D eigenvalue weighted by Crippen LogP contribution is 2.27. The minimum atomic E-state index is -0.117. The van der Waals surface area contributed by atoms with Crippen molar-refractivity contribution in [2.45, 2.75) is 52.9 Å². The molecular formula is C16H27N3O. The van der Waals surface area contributed by atoms with Gasteiger partial charge in [0.05, 0.1) is 11.7 Å². The Morgan fingerprint density at radius 1 is 1.50 bits per heavy atom. The molecule has 112 valence electrons. The predicted octanol–water partition coefficient (Wildman–Crippen LogP) is 2.50. The Hall–Kier alpha value is -1.13. The van der Waals surface area contributed by atoms with Gasteiger partial charge in [-0.25, -0.2) is 4.98 Å². The van der Waals surface area contributed by atoms with Gasteiger partial charge in [0.1, 0.15) is 5.82 Å². The average Bonchev–Trinajstić information content (AvgIpc) is 2.33. The first kappa shape index (κ1) is 15.3. The lowest BCUT2D eigenvalue weighted by Crippen LogP contribution is -2.52. The van der Waals surface area contributed by atoms with Crippen molar-refractivity contribution < 1.29 is 4.74 Å². The normalized spacial score (nSPS) is 22.1. The molecule has 4 nitrogen and oxygen atoms in total. The van der Waals surface area contributed by atoms with E-state index >= 15 is 0 Å². The zero-order valence-electron chi connectivity index (χ0n) is 13.4. The smallest absolute Gasteiger partial charge is 0.131 e. The molecule has 1 atom stereocenters. The van der Waals surface area contributed by atoms with E-state index in [0.29, 0.717) is 0 Å². The lowest BCUT2D eigenvalue weighted by Gasteiger charge is -2.42. The summed E-state index contributed by atoms with van der Waals surface area (Å²) in [5, 5.41) is 3.34. The molecule has 1 aromatic rings. The molecule has 1 aromatic heterocycles. The lowest BCUT2D eigenvalue weighted by molar-refractivity contribution is -0.0751. The molecule has 0 bridgehead atoms. The standard InChI is InChI=1S/C16H27N3O/c1-6-17-8-14-7-12(2)15(18-9-14)19-10-13(3)20-16(4,5)11-19/h7,9,13,17H,6,8,10-11H2,1-5H3. The summed E-state index contributed by atoms with van der Waals surface area (Å²) in [7, 11) is 0. The van der Waals surface area contributed by atoms with Gasteiger partial charge in [0.25, 0.3) is 0 Å². The van der Waals surface area contributed by atoms with Crippen molar-refractivity contribution in [2.75, 3.05) is 24.5 Å². The molecular weight excluding hydrogens is 250 g/mol. The quantitative estimate of drug-likeness (QED) is 0.917. The zero-order valence-corrected chi connectivity index (χ0v) is 13.4. The maximum atomic E-state index is 5.96. The number of aryl methyl sites for hydroxylation is 1. The van der Waals surface area contributed by atoms with Crippen molar-refractivity contribution in [3.05, 3.63) is 23.4 Å². The average molecular weight is 277 g/mol. The van der Waals surface area contributed by atoms with Gasteiger partial charge in [0, 0.05) is 25.8 Å². The van der Waals surface area contributed by atoms with Gasteiger partial charge in [-0.3, -0.25) is 0 Å². The van der Waals surface area contributed by atoms with Crippen LogP contribution in [0.25, 0.3) is 0 Å². The number of ether oxygens (including phenoxy) is 1. The molecule has 1 fully saturated rings. The van der Waals surface area contributed by atoms with Crippen LogP contribution in [0.4, 0.5) is 5.82 Å². The number of hydrogen-bond acceptors (Lipinski definition) is 4. The van der Waals surface area contributed by atoms with Gasteiger partial charge in [0.15, 0.2) is 0 Å². The molecule has 2 heterocycles. The maximum Gasteiger partial charge on any atom is 0.131 e. The minimum Gasteiger partial charge on any atom is -0.369 e. The number of rotatable bonds is 4. The first-order valence-corrected chi connectivity index (χ1v) is 7.50. The van der Waals surface area contributed by atoms with E-state index in [4.69, 9.17) is 4.74 Å². The fourth-order valence-corrected chi connectivity index (χ4v) is 2.94. The third-order valence-corrected chi connectivity index (χ3v) is 3.56. The molecule has 0 saturated carbocycles. The second-order valence-electron chi connectivity index (χ2n) is 6.33. The zero-order chi connectivity index (χ0) is 14.8. The van der Waals surface area contributed by atoms with Crippen LogP contribution in [-0.2, 0) is 11.3 Å². The fraction of sp³-hybridized carbons (Fsp3) is 0.688. The second kappa shape index (κ2) is 6.10. The molecule has 20 heavy (non-hydrogen) atoms. The Kier molecular flexibility index (Phi) is 4.66. The fourth-order valence-electron chi connectivity index (χ4n) is 2.94. The first-order valence-electron chi connectivity index (χ1n) is 7.50. The van der Waals surface area contributed by atoms with Gasteiger partial charge in [-0.1, -0.05) is 6.92 Å². The number of pyridine rings is 1. The number of nitrogens with one attached hydrogen (secondary N) is 1. The molecule has 1 saturated heterocycles. The van der Waals surface area contributed by atoms with E-state index in [1.807, 2.05) is 6.20 Å². The third-order valence-electron chi connectivity index (χ3n) is 3.56. The van der Waals surface area contributed by atoms with E-state index in [9.17, 15) is 0 Å². The van der Waals surface area contributed by atoms with Gasteiger partial charge in [-0.2, -0.15) is 0 Å². The Morgan fingerprint density at radius 3 is 2.85 bits per heavy atom. The van der Waals surface area contributed by atoms with Crippen molar-refractivity contribution in [3.63, 3.8) is 0 Å². The van der Waals surface area contributed by atoms with Crippen LogP contribution in [0, 0.1) is 6.92 Å². The Labute approximate surface area is 122 Å². The highest BCUT2D eigenvalue weighted by Gasteiger charge is 2.32.